The molecule has 0 bridgehead atoms. The van der Waals surface area contributed by atoms with Crippen molar-refractivity contribution in [2.24, 2.45) is 0 Å². The first-order valence-electron chi connectivity index (χ1n) is 6.26. The molecule has 0 amide bonds. The topological polar surface area (TPSA) is 12.0 Å². The molecule has 0 saturated carbocycles. The first-order chi connectivity index (χ1) is 8.97. The quantitative estimate of drug-likeness (QED) is 0.735. The minimum atomic E-state index is 0.222. The van der Waals surface area contributed by atoms with E-state index in [1.54, 1.807) is 0 Å². The smallest absolute Gasteiger partial charge is 0.0648 e. The second-order valence-electron chi connectivity index (χ2n) is 4.85. The first kappa shape index (κ1) is 14.4. The Morgan fingerprint density at radius 2 is 1.84 bits per heavy atom. The third-order valence-corrected chi connectivity index (χ3v) is 4.00. The number of benzene rings is 2. The molecule has 2 aromatic carbocycles. The molecule has 0 radical (unpaired) electrons. The van der Waals surface area contributed by atoms with Gasteiger partial charge in [-0.25, -0.2) is 0 Å². The van der Waals surface area contributed by atoms with E-state index in [9.17, 15) is 0 Å². The van der Waals surface area contributed by atoms with Crippen LogP contribution in [-0.2, 0) is 0 Å². The molecule has 2 aromatic rings. The van der Waals surface area contributed by atoms with Gasteiger partial charge in [0.25, 0.3) is 0 Å². The van der Waals surface area contributed by atoms with Crippen LogP contribution in [0.15, 0.2) is 40.9 Å². The predicted octanol–water partition coefficient (Wildman–Crippen LogP) is 5.89. The Morgan fingerprint density at radius 1 is 1.11 bits per heavy atom. The number of anilines is 1. The van der Waals surface area contributed by atoms with E-state index in [4.69, 9.17) is 11.6 Å². The maximum absolute atomic E-state index is 6.23. The summed E-state index contributed by atoms with van der Waals surface area (Å²) in [7, 11) is 0. The van der Waals surface area contributed by atoms with Crippen molar-refractivity contribution in [3.8, 4) is 0 Å². The molecule has 0 fully saturated rings. The lowest BCUT2D eigenvalue weighted by Gasteiger charge is -2.19. The number of hydrogen-bond acceptors (Lipinski definition) is 1. The van der Waals surface area contributed by atoms with Crippen molar-refractivity contribution in [3.05, 3.63) is 62.6 Å². The molecule has 1 N–H and O–H groups in total. The Kier molecular flexibility index (Phi) is 4.54. The van der Waals surface area contributed by atoms with Gasteiger partial charge in [-0.1, -0.05) is 51.3 Å². The van der Waals surface area contributed by atoms with Crippen LogP contribution in [0.4, 0.5) is 5.69 Å². The Morgan fingerprint density at radius 3 is 2.47 bits per heavy atom. The average Bonchev–Trinajstić information content (AvgIpc) is 2.32. The fourth-order valence-electron chi connectivity index (χ4n) is 2.23. The van der Waals surface area contributed by atoms with E-state index < -0.39 is 0 Å². The maximum Gasteiger partial charge on any atom is 0.0648 e. The molecular formula is C16H17BrClN. The lowest BCUT2D eigenvalue weighted by Crippen LogP contribution is -2.08. The average molecular weight is 339 g/mol. The van der Waals surface area contributed by atoms with Crippen molar-refractivity contribution in [1.29, 1.82) is 0 Å². The van der Waals surface area contributed by atoms with Crippen molar-refractivity contribution in [2.75, 3.05) is 5.32 Å². The van der Waals surface area contributed by atoms with Crippen LogP contribution in [0.25, 0.3) is 0 Å². The highest BCUT2D eigenvalue weighted by molar-refractivity contribution is 9.10. The number of aryl methyl sites for hydroxylation is 2. The highest BCUT2D eigenvalue weighted by atomic mass is 79.9. The SMILES string of the molecule is Cc1ccc(C(C)Nc2ccc(Br)cc2Cl)c(C)c1. The van der Waals surface area contributed by atoms with Crippen molar-refractivity contribution >= 4 is 33.2 Å². The molecule has 0 aliphatic rings. The van der Waals surface area contributed by atoms with Crippen molar-refractivity contribution < 1.29 is 0 Å². The summed E-state index contributed by atoms with van der Waals surface area (Å²) >= 11 is 9.65. The number of rotatable bonds is 3. The molecule has 100 valence electrons. The Bertz CT molecular complexity index is 595. The summed E-state index contributed by atoms with van der Waals surface area (Å²) in [6.07, 6.45) is 0. The van der Waals surface area contributed by atoms with Gasteiger partial charge in [-0.05, 0) is 50.1 Å². The Labute approximate surface area is 128 Å². The molecule has 0 aliphatic heterocycles. The third-order valence-electron chi connectivity index (χ3n) is 3.19. The monoisotopic (exact) mass is 337 g/mol. The summed E-state index contributed by atoms with van der Waals surface area (Å²) in [6.45, 7) is 6.40. The molecule has 3 heteroatoms. The summed E-state index contributed by atoms with van der Waals surface area (Å²) in [5.74, 6) is 0. The summed E-state index contributed by atoms with van der Waals surface area (Å²) in [4.78, 5) is 0. The molecule has 0 aliphatic carbocycles. The van der Waals surface area contributed by atoms with Gasteiger partial charge in [0.15, 0.2) is 0 Å². The molecule has 0 spiro atoms. The molecule has 0 aromatic heterocycles. The second kappa shape index (κ2) is 5.98. The molecule has 0 saturated heterocycles. The normalized spacial score (nSPS) is 12.3. The minimum Gasteiger partial charge on any atom is -0.377 e. The standard InChI is InChI=1S/C16H17BrClN/c1-10-4-6-14(11(2)8-10)12(3)19-16-7-5-13(17)9-15(16)18/h4-9,12,19H,1-3H3. The lowest BCUT2D eigenvalue weighted by atomic mass is 10.00. The van der Waals surface area contributed by atoms with Gasteiger partial charge in [0.05, 0.1) is 10.7 Å². The maximum atomic E-state index is 6.23. The first-order valence-corrected chi connectivity index (χ1v) is 7.43. The zero-order valence-electron chi connectivity index (χ0n) is 11.3. The van der Waals surface area contributed by atoms with Crippen molar-refractivity contribution in [1.82, 2.24) is 0 Å². The number of halogens is 2. The third kappa shape index (κ3) is 3.52. The molecule has 19 heavy (non-hydrogen) atoms. The van der Waals surface area contributed by atoms with E-state index >= 15 is 0 Å². The van der Waals surface area contributed by atoms with Gasteiger partial charge >= 0.3 is 0 Å². The molecule has 1 atom stereocenters. The van der Waals surface area contributed by atoms with Crippen LogP contribution in [0, 0.1) is 13.8 Å². The van der Waals surface area contributed by atoms with E-state index in [1.165, 1.54) is 16.7 Å². The van der Waals surface area contributed by atoms with Gasteiger partial charge in [0, 0.05) is 10.5 Å². The van der Waals surface area contributed by atoms with Crippen LogP contribution in [0.3, 0.4) is 0 Å². The van der Waals surface area contributed by atoms with Crippen LogP contribution < -0.4 is 5.32 Å². The number of hydrogen-bond donors (Lipinski definition) is 1. The lowest BCUT2D eigenvalue weighted by molar-refractivity contribution is 0.873. The van der Waals surface area contributed by atoms with Gasteiger partial charge in [0.2, 0.25) is 0 Å². The summed E-state index contributed by atoms with van der Waals surface area (Å²) in [6, 6.07) is 12.6. The van der Waals surface area contributed by atoms with Crippen LogP contribution in [0.1, 0.15) is 29.7 Å². The van der Waals surface area contributed by atoms with Crippen LogP contribution >= 0.6 is 27.5 Å². The second-order valence-corrected chi connectivity index (χ2v) is 6.17. The highest BCUT2D eigenvalue weighted by Crippen LogP contribution is 2.29. The highest BCUT2D eigenvalue weighted by Gasteiger charge is 2.10. The molecule has 0 heterocycles. The van der Waals surface area contributed by atoms with E-state index in [2.05, 4.69) is 60.2 Å². The summed E-state index contributed by atoms with van der Waals surface area (Å²) < 4.78 is 0.988. The van der Waals surface area contributed by atoms with Crippen LogP contribution in [0.2, 0.25) is 5.02 Å². The van der Waals surface area contributed by atoms with Crippen LogP contribution in [0.5, 0.6) is 0 Å². The van der Waals surface area contributed by atoms with E-state index in [0.717, 1.165) is 15.2 Å². The minimum absolute atomic E-state index is 0.222. The van der Waals surface area contributed by atoms with Gasteiger partial charge in [-0.15, -0.1) is 0 Å². The van der Waals surface area contributed by atoms with Gasteiger partial charge < -0.3 is 5.32 Å². The molecule has 2 rings (SSSR count). The number of nitrogens with one attached hydrogen (secondary N) is 1. The van der Waals surface area contributed by atoms with Gasteiger partial charge in [0.1, 0.15) is 0 Å². The van der Waals surface area contributed by atoms with Gasteiger partial charge in [-0.2, -0.15) is 0 Å². The fraction of sp³-hybridized carbons (Fsp3) is 0.250. The zero-order valence-corrected chi connectivity index (χ0v) is 13.6. The van der Waals surface area contributed by atoms with Crippen molar-refractivity contribution in [2.45, 2.75) is 26.8 Å². The van der Waals surface area contributed by atoms with E-state index in [-0.39, 0.29) is 6.04 Å². The summed E-state index contributed by atoms with van der Waals surface area (Å²) in [5, 5.41) is 4.19. The van der Waals surface area contributed by atoms with Gasteiger partial charge in [-0.3, -0.25) is 0 Å². The van der Waals surface area contributed by atoms with Crippen molar-refractivity contribution in [3.63, 3.8) is 0 Å². The van der Waals surface area contributed by atoms with E-state index in [0.29, 0.717) is 0 Å². The summed E-state index contributed by atoms with van der Waals surface area (Å²) in [5.41, 5.74) is 4.84. The molecular weight excluding hydrogens is 322 g/mol. The molecule has 1 unspecified atom stereocenters. The molecule has 1 nitrogen and oxygen atoms in total. The largest absolute Gasteiger partial charge is 0.377 e. The zero-order chi connectivity index (χ0) is 14.0. The van der Waals surface area contributed by atoms with Crippen LogP contribution in [-0.4, -0.2) is 0 Å². The Hall–Kier alpha value is -0.990. The fourth-order valence-corrected chi connectivity index (χ4v) is 2.96. The Balaban J connectivity index is 2.23. The van der Waals surface area contributed by atoms with E-state index in [1.807, 2.05) is 18.2 Å². The predicted molar refractivity (Wildman–Crippen MR) is 87.1 cm³/mol.